The zero-order valence-electron chi connectivity index (χ0n) is 8.62. The molecule has 0 aliphatic rings. The van der Waals surface area contributed by atoms with Gasteiger partial charge in [0.15, 0.2) is 0 Å². The Morgan fingerprint density at radius 1 is 1.59 bits per heavy atom. The summed E-state index contributed by atoms with van der Waals surface area (Å²) in [6, 6.07) is 0. The Balaban J connectivity index is 2.30. The van der Waals surface area contributed by atoms with Crippen LogP contribution in [0.4, 0.5) is 0 Å². The van der Waals surface area contributed by atoms with E-state index >= 15 is 0 Å². The molecule has 0 aromatic carbocycles. The lowest BCUT2D eigenvalue weighted by Crippen LogP contribution is -2.10. The average molecular weight is 255 g/mol. The maximum Gasteiger partial charge on any atom is 0.268 e. The van der Waals surface area contributed by atoms with Gasteiger partial charge >= 0.3 is 0 Å². The van der Waals surface area contributed by atoms with Crippen molar-refractivity contribution < 1.29 is 14.3 Å². The molecule has 2 aromatic rings. The highest BCUT2D eigenvalue weighted by Gasteiger charge is 2.07. The molecule has 1 unspecified atom stereocenters. The number of nitrogens with two attached hydrogens (primary N) is 1. The Hall–Kier alpha value is -1.76. The van der Waals surface area contributed by atoms with E-state index in [0.717, 1.165) is 0 Å². The van der Waals surface area contributed by atoms with Gasteiger partial charge in [-0.05, 0) is 0 Å². The lowest BCUT2D eigenvalue weighted by atomic mass is 10.3. The van der Waals surface area contributed by atoms with Crippen molar-refractivity contribution in [3.63, 3.8) is 0 Å². The molecule has 0 fully saturated rings. The summed E-state index contributed by atoms with van der Waals surface area (Å²) in [5.41, 5.74) is 5.91. The number of nitrogens with one attached hydrogen (secondary N) is 1. The number of fused-ring (bicyclic) bond motifs is 1. The highest BCUT2D eigenvalue weighted by atomic mass is 31.1. The van der Waals surface area contributed by atoms with Gasteiger partial charge in [0, 0.05) is 30.7 Å². The third-order valence-corrected chi connectivity index (χ3v) is 2.54. The molecule has 0 bridgehead atoms. The topological polar surface area (TPSA) is 123 Å². The molecule has 0 spiro atoms. The number of carbonyl (C=O) groups excluding carboxylic acids is 1. The number of hydrogen-bond donors (Lipinski definition) is 3. The maximum atomic E-state index is 10.9. The van der Waals surface area contributed by atoms with Crippen LogP contribution in [0.3, 0.4) is 0 Å². The summed E-state index contributed by atoms with van der Waals surface area (Å²) in [5, 5.41) is 2.39. The van der Waals surface area contributed by atoms with Crippen LogP contribution in [-0.2, 0) is 11.1 Å². The molecular weight excluding hydrogens is 245 g/mol. The van der Waals surface area contributed by atoms with E-state index < -0.39 is 14.1 Å². The number of imidazole rings is 1. The van der Waals surface area contributed by atoms with E-state index in [4.69, 9.17) is 10.6 Å². The number of nitrogens with zero attached hydrogens (tertiary/aromatic N) is 3. The molecule has 4 N–H and O–H groups in total. The van der Waals surface area contributed by atoms with Crippen molar-refractivity contribution in [2.45, 2.75) is 6.54 Å². The summed E-state index contributed by atoms with van der Waals surface area (Å²) >= 11 is 0. The molecule has 1 atom stereocenters. The highest BCUT2D eigenvalue weighted by Crippen LogP contribution is 2.09. The SMILES string of the molecule is NC(=O)c1cn2cc(CN[PH](=O)O)cnc2n1. The molecule has 2 aromatic heterocycles. The Morgan fingerprint density at radius 2 is 2.35 bits per heavy atom. The van der Waals surface area contributed by atoms with Crippen molar-refractivity contribution in [2.75, 3.05) is 0 Å². The van der Waals surface area contributed by atoms with E-state index in [0.29, 0.717) is 11.3 Å². The van der Waals surface area contributed by atoms with Gasteiger partial charge in [-0.1, -0.05) is 0 Å². The number of aromatic nitrogens is 3. The van der Waals surface area contributed by atoms with E-state index in [2.05, 4.69) is 15.1 Å². The van der Waals surface area contributed by atoms with Crippen LogP contribution in [0.5, 0.6) is 0 Å². The van der Waals surface area contributed by atoms with Gasteiger partial charge in [-0.25, -0.2) is 15.1 Å². The van der Waals surface area contributed by atoms with Crippen molar-refractivity contribution in [1.29, 1.82) is 0 Å². The van der Waals surface area contributed by atoms with Gasteiger partial charge in [0.25, 0.3) is 14.1 Å². The summed E-state index contributed by atoms with van der Waals surface area (Å²) in [4.78, 5) is 27.4. The van der Waals surface area contributed by atoms with E-state index in [1.165, 1.54) is 16.8 Å². The molecule has 9 heteroatoms. The first-order chi connectivity index (χ1) is 8.06. The second-order valence-corrected chi connectivity index (χ2v) is 4.28. The lowest BCUT2D eigenvalue weighted by Gasteiger charge is -2.01. The van der Waals surface area contributed by atoms with Crippen LogP contribution < -0.4 is 10.8 Å². The molecule has 0 radical (unpaired) electrons. The third-order valence-electron chi connectivity index (χ3n) is 2.06. The number of rotatable bonds is 4. The Bertz CT molecular complexity index is 596. The molecule has 0 saturated carbocycles. The molecule has 0 aliphatic heterocycles. The summed E-state index contributed by atoms with van der Waals surface area (Å²) in [5.74, 6) is -0.283. The van der Waals surface area contributed by atoms with Crippen LogP contribution in [-0.4, -0.2) is 25.2 Å². The van der Waals surface area contributed by atoms with Gasteiger partial charge in [0.2, 0.25) is 5.78 Å². The second-order valence-electron chi connectivity index (χ2n) is 3.32. The van der Waals surface area contributed by atoms with Crippen LogP contribution in [0.1, 0.15) is 16.1 Å². The van der Waals surface area contributed by atoms with Crippen molar-refractivity contribution in [1.82, 2.24) is 19.5 Å². The van der Waals surface area contributed by atoms with E-state index in [1.54, 1.807) is 6.20 Å². The Labute approximate surface area is 96.4 Å². The number of hydrogen-bond acceptors (Lipinski definition) is 4. The van der Waals surface area contributed by atoms with Crippen LogP contribution in [0.25, 0.3) is 5.78 Å². The number of amides is 1. The van der Waals surface area contributed by atoms with Crippen molar-refractivity contribution in [3.8, 4) is 0 Å². The fraction of sp³-hybridized carbons (Fsp3) is 0.125. The van der Waals surface area contributed by atoms with Gasteiger partial charge in [-0.15, -0.1) is 0 Å². The average Bonchev–Trinajstić information content (AvgIpc) is 2.69. The summed E-state index contributed by atoms with van der Waals surface area (Å²) in [6.45, 7) is 0.210. The lowest BCUT2D eigenvalue weighted by molar-refractivity contribution is 0.0996. The molecule has 8 nitrogen and oxygen atoms in total. The highest BCUT2D eigenvalue weighted by molar-refractivity contribution is 7.35. The van der Waals surface area contributed by atoms with E-state index in [1.807, 2.05) is 0 Å². The molecule has 2 heterocycles. The van der Waals surface area contributed by atoms with Gasteiger partial charge < -0.3 is 10.6 Å². The fourth-order valence-corrected chi connectivity index (χ4v) is 1.67. The zero-order valence-corrected chi connectivity index (χ0v) is 9.62. The fourth-order valence-electron chi connectivity index (χ4n) is 1.31. The minimum absolute atomic E-state index is 0.123. The normalized spacial score (nSPS) is 12.8. The molecule has 0 saturated heterocycles. The van der Waals surface area contributed by atoms with Crippen LogP contribution in [0.15, 0.2) is 18.6 Å². The predicted molar refractivity (Wildman–Crippen MR) is 59.6 cm³/mol. The van der Waals surface area contributed by atoms with Crippen molar-refractivity contribution >= 4 is 19.9 Å². The summed E-state index contributed by atoms with van der Waals surface area (Å²) < 4.78 is 12.0. The van der Waals surface area contributed by atoms with Crippen LogP contribution in [0.2, 0.25) is 0 Å². The number of carbonyl (C=O) groups is 1. The molecule has 2 rings (SSSR count). The van der Waals surface area contributed by atoms with E-state index in [9.17, 15) is 9.36 Å². The minimum atomic E-state index is -2.72. The Kier molecular flexibility index (Phi) is 3.19. The van der Waals surface area contributed by atoms with Gasteiger partial charge in [-0.3, -0.25) is 13.8 Å². The van der Waals surface area contributed by atoms with E-state index in [-0.39, 0.29) is 12.2 Å². The van der Waals surface area contributed by atoms with Crippen molar-refractivity contribution in [2.24, 2.45) is 5.73 Å². The molecule has 0 aliphatic carbocycles. The largest absolute Gasteiger partial charge is 0.364 e. The third kappa shape index (κ3) is 2.68. The standard InChI is InChI=1S/C8H10N5O3P/c9-7(14)6-4-13-3-5(2-11-17(15)16)1-10-8(13)12-6/h1,3-4,17H,2H2,(H2,9,14)(H2,11,15,16). The first-order valence-electron chi connectivity index (χ1n) is 4.66. The second kappa shape index (κ2) is 4.62. The molecule has 17 heavy (non-hydrogen) atoms. The predicted octanol–water partition coefficient (Wildman–Crippen LogP) is -0.700. The molecular formula is C8H10N5O3P. The zero-order chi connectivity index (χ0) is 12.4. The van der Waals surface area contributed by atoms with Crippen molar-refractivity contribution in [3.05, 3.63) is 29.8 Å². The smallest absolute Gasteiger partial charge is 0.268 e. The Morgan fingerprint density at radius 3 is 3.00 bits per heavy atom. The first-order valence-corrected chi connectivity index (χ1v) is 6.02. The van der Waals surface area contributed by atoms with Gasteiger partial charge in [0.1, 0.15) is 5.69 Å². The van der Waals surface area contributed by atoms with Crippen LogP contribution >= 0.6 is 8.18 Å². The minimum Gasteiger partial charge on any atom is -0.364 e. The number of primary amides is 1. The van der Waals surface area contributed by atoms with Crippen LogP contribution in [0, 0.1) is 0 Å². The monoisotopic (exact) mass is 255 g/mol. The quantitative estimate of drug-likeness (QED) is 0.621. The first kappa shape index (κ1) is 11.7. The van der Waals surface area contributed by atoms with Gasteiger partial charge in [-0.2, -0.15) is 0 Å². The molecule has 90 valence electrons. The molecule has 1 amide bonds. The summed E-state index contributed by atoms with van der Waals surface area (Å²) in [7, 11) is -2.72. The maximum absolute atomic E-state index is 10.9. The summed E-state index contributed by atoms with van der Waals surface area (Å²) in [6.07, 6.45) is 4.61. The van der Waals surface area contributed by atoms with Gasteiger partial charge in [0.05, 0.1) is 0 Å².